The van der Waals surface area contributed by atoms with E-state index in [2.05, 4.69) is 15.7 Å². The summed E-state index contributed by atoms with van der Waals surface area (Å²) < 4.78 is 39.8. The van der Waals surface area contributed by atoms with E-state index in [9.17, 15) is 18.0 Å². The molecule has 8 heteroatoms. The Labute approximate surface area is 137 Å². The summed E-state index contributed by atoms with van der Waals surface area (Å²) in [5, 5.41) is 9.80. The Bertz CT molecular complexity index is 724. The van der Waals surface area contributed by atoms with Gasteiger partial charge in [-0.15, -0.1) is 0 Å². The van der Waals surface area contributed by atoms with Gasteiger partial charge in [-0.2, -0.15) is 18.3 Å². The second kappa shape index (κ2) is 7.04. The fourth-order valence-corrected chi connectivity index (χ4v) is 2.15. The van der Waals surface area contributed by atoms with Gasteiger partial charge < -0.3 is 10.6 Å². The molecule has 0 aliphatic carbocycles. The van der Waals surface area contributed by atoms with Crippen molar-refractivity contribution in [2.45, 2.75) is 26.1 Å². The topological polar surface area (TPSA) is 58.9 Å². The van der Waals surface area contributed by atoms with Crippen LogP contribution in [0.5, 0.6) is 0 Å². The van der Waals surface area contributed by atoms with Crippen molar-refractivity contribution < 1.29 is 18.0 Å². The van der Waals surface area contributed by atoms with E-state index in [1.54, 1.807) is 14.0 Å². The Morgan fingerprint density at radius 3 is 2.71 bits per heavy atom. The van der Waals surface area contributed by atoms with Crippen molar-refractivity contribution in [3.63, 3.8) is 0 Å². The third-order valence-electron chi connectivity index (χ3n) is 3.73. The van der Waals surface area contributed by atoms with Crippen molar-refractivity contribution in [3.8, 4) is 5.69 Å². The Hall–Kier alpha value is -2.35. The Balaban J connectivity index is 2.25. The molecule has 5 nitrogen and oxygen atoms in total. The first-order valence-electron chi connectivity index (χ1n) is 7.41. The van der Waals surface area contributed by atoms with Gasteiger partial charge in [-0.25, -0.2) is 4.68 Å². The van der Waals surface area contributed by atoms with Gasteiger partial charge in [0, 0.05) is 12.6 Å². The van der Waals surface area contributed by atoms with Gasteiger partial charge in [-0.1, -0.05) is 6.07 Å². The molecule has 1 aromatic heterocycles. The molecule has 0 saturated carbocycles. The van der Waals surface area contributed by atoms with Crippen molar-refractivity contribution in [3.05, 3.63) is 47.3 Å². The van der Waals surface area contributed by atoms with E-state index in [1.807, 2.05) is 6.92 Å². The highest BCUT2D eigenvalue weighted by atomic mass is 19.4. The van der Waals surface area contributed by atoms with E-state index >= 15 is 0 Å². The van der Waals surface area contributed by atoms with E-state index in [0.29, 0.717) is 17.8 Å². The van der Waals surface area contributed by atoms with E-state index in [1.165, 1.54) is 23.0 Å². The number of hydrogen-bond donors (Lipinski definition) is 2. The molecule has 0 bridgehead atoms. The number of halogens is 3. The molecule has 2 aromatic rings. The number of aromatic nitrogens is 2. The van der Waals surface area contributed by atoms with Crippen molar-refractivity contribution in [2.24, 2.45) is 0 Å². The van der Waals surface area contributed by atoms with Crippen molar-refractivity contribution in [1.29, 1.82) is 0 Å². The zero-order valence-corrected chi connectivity index (χ0v) is 13.6. The standard InChI is InChI=1S/C16H19F3N4O/c1-10(20-3)8-21-15(24)14-9-22-23(11(14)2)13-6-4-5-12(7-13)16(17,18)19/h4-7,9-10,20H,8H2,1-3H3,(H,21,24). The number of benzene rings is 1. The zero-order chi connectivity index (χ0) is 17.9. The highest BCUT2D eigenvalue weighted by Gasteiger charge is 2.30. The van der Waals surface area contributed by atoms with Crippen molar-refractivity contribution >= 4 is 5.91 Å². The smallest absolute Gasteiger partial charge is 0.350 e. The molecule has 1 amide bonds. The number of hydrogen-bond acceptors (Lipinski definition) is 3. The van der Waals surface area contributed by atoms with Crippen LogP contribution in [0.3, 0.4) is 0 Å². The van der Waals surface area contributed by atoms with Gasteiger partial charge in [0.1, 0.15) is 0 Å². The molecule has 1 atom stereocenters. The summed E-state index contributed by atoms with van der Waals surface area (Å²) in [7, 11) is 1.79. The monoisotopic (exact) mass is 340 g/mol. The lowest BCUT2D eigenvalue weighted by Crippen LogP contribution is -2.37. The van der Waals surface area contributed by atoms with Crippen LogP contribution in [0.4, 0.5) is 13.2 Å². The number of alkyl halides is 3. The van der Waals surface area contributed by atoms with Gasteiger partial charge in [-0.3, -0.25) is 4.79 Å². The van der Waals surface area contributed by atoms with Crippen LogP contribution in [0.25, 0.3) is 5.69 Å². The number of carbonyl (C=O) groups is 1. The molecule has 24 heavy (non-hydrogen) atoms. The second-order valence-electron chi connectivity index (χ2n) is 5.50. The number of nitrogens with zero attached hydrogens (tertiary/aromatic N) is 2. The largest absolute Gasteiger partial charge is 0.416 e. The predicted octanol–water partition coefficient (Wildman–Crippen LogP) is 2.54. The predicted molar refractivity (Wildman–Crippen MR) is 84.2 cm³/mol. The highest BCUT2D eigenvalue weighted by Crippen LogP contribution is 2.30. The maximum Gasteiger partial charge on any atom is 0.416 e. The molecular formula is C16H19F3N4O. The molecule has 2 rings (SSSR count). The number of likely N-dealkylation sites (N-methyl/N-ethyl adjacent to an activating group) is 1. The minimum atomic E-state index is -4.43. The molecule has 0 saturated heterocycles. The van der Waals surface area contributed by atoms with Crippen LogP contribution in [0.15, 0.2) is 30.5 Å². The van der Waals surface area contributed by atoms with Gasteiger partial charge in [0.2, 0.25) is 0 Å². The van der Waals surface area contributed by atoms with Gasteiger partial charge >= 0.3 is 6.18 Å². The normalized spacial score (nSPS) is 12.9. The van der Waals surface area contributed by atoms with Gasteiger partial charge in [0.15, 0.2) is 0 Å². The Morgan fingerprint density at radius 1 is 1.38 bits per heavy atom. The second-order valence-corrected chi connectivity index (χ2v) is 5.50. The van der Waals surface area contributed by atoms with Crippen LogP contribution >= 0.6 is 0 Å². The lowest BCUT2D eigenvalue weighted by molar-refractivity contribution is -0.137. The molecular weight excluding hydrogens is 321 g/mol. The summed E-state index contributed by atoms with van der Waals surface area (Å²) in [5.74, 6) is -0.312. The van der Waals surface area contributed by atoms with Gasteiger partial charge in [0.05, 0.1) is 28.7 Å². The van der Waals surface area contributed by atoms with E-state index in [4.69, 9.17) is 0 Å². The lowest BCUT2D eigenvalue weighted by Gasteiger charge is -2.12. The van der Waals surface area contributed by atoms with E-state index < -0.39 is 11.7 Å². The fraction of sp³-hybridized carbons (Fsp3) is 0.375. The minimum Gasteiger partial charge on any atom is -0.350 e. The first kappa shape index (κ1) is 18.0. The number of amides is 1. The van der Waals surface area contributed by atoms with Crippen LogP contribution in [0.1, 0.15) is 28.5 Å². The van der Waals surface area contributed by atoms with Crippen LogP contribution in [-0.4, -0.2) is 35.3 Å². The summed E-state index contributed by atoms with van der Waals surface area (Å²) in [5.41, 5.74) is 0.299. The zero-order valence-electron chi connectivity index (χ0n) is 13.6. The summed E-state index contributed by atoms with van der Waals surface area (Å²) in [4.78, 5) is 12.2. The molecule has 1 aromatic carbocycles. The lowest BCUT2D eigenvalue weighted by atomic mass is 10.2. The first-order valence-corrected chi connectivity index (χ1v) is 7.41. The fourth-order valence-electron chi connectivity index (χ4n) is 2.15. The van der Waals surface area contributed by atoms with Crippen molar-refractivity contribution in [2.75, 3.05) is 13.6 Å². The SMILES string of the molecule is CNC(C)CNC(=O)c1cnn(-c2cccc(C(F)(F)F)c2)c1C. The molecule has 0 radical (unpaired) electrons. The Kier molecular flexibility index (Phi) is 5.28. The van der Waals surface area contributed by atoms with E-state index in [0.717, 1.165) is 12.1 Å². The van der Waals surface area contributed by atoms with Crippen LogP contribution < -0.4 is 10.6 Å². The first-order chi connectivity index (χ1) is 11.2. The number of rotatable bonds is 5. The molecule has 130 valence electrons. The molecule has 0 aliphatic heterocycles. The number of carbonyl (C=O) groups excluding carboxylic acids is 1. The average molecular weight is 340 g/mol. The third kappa shape index (κ3) is 3.94. The number of nitrogens with one attached hydrogen (secondary N) is 2. The third-order valence-corrected chi connectivity index (χ3v) is 3.73. The maximum atomic E-state index is 12.8. The summed E-state index contributed by atoms with van der Waals surface area (Å²) in [6, 6.07) is 4.93. The Morgan fingerprint density at radius 2 is 2.08 bits per heavy atom. The molecule has 0 fully saturated rings. The summed E-state index contributed by atoms with van der Waals surface area (Å²) in [6.07, 6.45) is -3.07. The van der Waals surface area contributed by atoms with Crippen LogP contribution in [-0.2, 0) is 6.18 Å². The summed E-state index contributed by atoms with van der Waals surface area (Å²) >= 11 is 0. The van der Waals surface area contributed by atoms with E-state index in [-0.39, 0.29) is 17.6 Å². The molecule has 0 aliphatic rings. The molecule has 1 heterocycles. The quantitative estimate of drug-likeness (QED) is 0.879. The van der Waals surface area contributed by atoms with Gasteiger partial charge in [0.25, 0.3) is 5.91 Å². The minimum absolute atomic E-state index is 0.104. The molecule has 2 N–H and O–H groups in total. The van der Waals surface area contributed by atoms with Crippen LogP contribution in [0, 0.1) is 6.92 Å². The average Bonchev–Trinajstić information content (AvgIpc) is 2.93. The molecule has 1 unspecified atom stereocenters. The summed E-state index contributed by atoms with van der Waals surface area (Å²) in [6.45, 7) is 3.99. The van der Waals surface area contributed by atoms with Crippen LogP contribution in [0.2, 0.25) is 0 Å². The maximum absolute atomic E-state index is 12.8. The van der Waals surface area contributed by atoms with Gasteiger partial charge in [-0.05, 0) is 39.1 Å². The molecule has 0 spiro atoms. The van der Waals surface area contributed by atoms with Crippen molar-refractivity contribution in [1.82, 2.24) is 20.4 Å². The highest BCUT2D eigenvalue weighted by molar-refractivity contribution is 5.95.